The number of fused-ring (bicyclic) bond motifs is 1. The summed E-state index contributed by atoms with van der Waals surface area (Å²) in [7, 11) is 1.63. The number of carboxylic acid groups (broad SMARTS) is 1. The van der Waals surface area contributed by atoms with E-state index in [1.165, 1.54) is 0 Å². The van der Waals surface area contributed by atoms with Crippen LogP contribution in [0.4, 0.5) is 0 Å². The molecule has 2 atom stereocenters. The van der Waals surface area contributed by atoms with Crippen molar-refractivity contribution in [2.45, 2.75) is 31.8 Å². The van der Waals surface area contributed by atoms with E-state index in [1.807, 2.05) is 30.0 Å². The molecule has 112 valence electrons. The number of aliphatic carboxylic acids is 1. The lowest BCUT2D eigenvalue weighted by molar-refractivity contribution is -0.142. The number of ether oxygens (including phenoxy) is 1. The van der Waals surface area contributed by atoms with E-state index in [9.17, 15) is 9.90 Å². The summed E-state index contributed by atoms with van der Waals surface area (Å²) in [4.78, 5) is 21.2. The van der Waals surface area contributed by atoms with Crippen molar-refractivity contribution in [1.82, 2.24) is 14.9 Å². The zero-order valence-corrected chi connectivity index (χ0v) is 12.2. The molecule has 0 aliphatic carbocycles. The first-order valence-corrected chi connectivity index (χ1v) is 7.12. The number of nitrogens with one attached hydrogen (secondary N) is 1. The summed E-state index contributed by atoms with van der Waals surface area (Å²) in [6.45, 7) is 2.79. The van der Waals surface area contributed by atoms with Gasteiger partial charge in [0.1, 0.15) is 17.6 Å². The van der Waals surface area contributed by atoms with Gasteiger partial charge in [0.15, 0.2) is 0 Å². The van der Waals surface area contributed by atoms with E-state index in [4.69, 9.17) is 4.74 Å². The number of hydrogen-bond acceptors (Lipinski definition) is 4. The van der Waals surface area contributed by atoms with Crippen LogP contribution in [0.2, 0.25) is 0 Å². The summed E-state index contributed by atoms with van der Waals surface area (Å²) < 4.78 is 5.20. The minimum Gasteiger partial charge on any atom is -0.497 e. The maximum atomic E-state index is 11.3. The molecule has 2 unspecified atom stereocenters. The number of aromatic amines is 1. The van der Waals surface area contributed by atoms with Gasteiger partial charge >= 0.3 is 5.97 Å². The third-order valence-corrected chi connectivity index (χ3v) is 4.18. The number of hydrogen-bond donors (Lipinski definition) is 2. The molecule has 2 aromatic rings. The number of nitrogens with zero attached hydrogens (tertiary/aromatic N) is 2. The van der Waals surface area contributed by atoms with Gasteiger partial charge in [-0.2, -0.15) is 0 Å². The van der Waals surface area contributed by atoms with Gasteiger partial charge in [-0.3, -0.25) is 9.69 Å². The highest BCUT2D eigenvalue weighted by Crippen LogP contribution is 2.29. The highest BCUT2D eigenvalue weighted by atomic mass is 16.5. The summed E-state index contributed by atoms with van der Waals surface area (Å²) in [6, 6.07) is 5.21. The second-order valence-corrected chi connectivity index (χ2v) is 5.42. The Bertz CT molecular complexity index is 667. The van der Waals surface area contributed by atoms with Crippen molar-refractivity contribution in [1.29, 1.82) is 0 Å². The largest absolute Gasteiger partial charge is 0.497 e. The van der Waals surface area contributed by atoms with Gasteiger partial charge < -0.3 is 14.8 Å². The number of benzene rings is 1. The van der Waals surface area contributed by atoms with E-state index in [0.717, 1.165) is 35.6 Å². The summed E-state index contributed by atoms with van der Waals surface area (Å²) in [6.07, 6.45) is 1.61. The quantitative estimate of drug-likeness (QED) is 0.902. The second-order valence-electron chi connectivity index (χ2n) is 5.42. The number of likely N-dealkylation sites (tertiary alicyclic amines) is 1. The van der Waals surface area contributed by atoms with Crippen LogP contribution in [0.15, 0.2) is 18.2 Å². The molecule has 0 amide bonds. The standard InChI is InChI=1S/C15H19N3O3/c1-9(18-7-3-4-13(18)15(19)20)14-16-11-6-5-10(21-2)8-12(11)17-14/h5-6,8-9,13H,3-4,7H2,1-2H3,(H,16,17)(H,19,20). The summed E-state index contributed by atoms with van der Waals surface area (Å²) in [5, 5.41) is 9.30. The van der Waals surface area contributed by atoms with Crippen LogP contribution in [0.3, 0.4) is 0 Å². The maximum absolute atomic E-state index is 11.3. The second kappa shape index (κ2) is 5.37. The zero-order valence-electron chi connectivity index (χ0n) is 12.2. The minimum absolute atomic E-state index is 0.0491. The van der Waals surface area contributed by atoms with Crippen LogP contribution in [0.1, 0.15) is 31.6 Å². The average molecular weight is 289 g/mol. The molecule has 1 aliphatic heterocycles. The van der Waals surface area contributed by atoms with Crippen molar-refractivity contribution in [2.24, 2.45) is 0 Å². The molecule has 0 saturated carbocycles. The molecule has 3 rings (SSSR count). The fourth-order valence-corrected chi connectivity index (χ4v) is 3.01. The summed E-state index contributed by atoms with van der Waals surface area (Å²) in [5.41, 5.74) is 1.77. The number of rotatable bonds is 4. The zero-order chi connectivity index (χ0) is 15.0. The predicted molar refractivity (Wildman–Crippen MR) is 78.4 cm³/mol. The average Bonchev–Trinajstić information content (AvgIpc) is 3.12. The van der Waals surface area contributed by atoms with Crippen LogP contribution in [0.5, 0.6) is 5.75 Å². The Morgan fingerprint density at radius 3 is 3.10 bits per heavy atom. The Balaban J connectivity index is 1.90. The molecule has 6 nitrogen and oxygen atoms in total. The molecule has 2 N–H and O–H groups in total. The van der Waals surface area contributed by atoms with E-state index < -0.39 is 12.0 Å². The SMILES string of the molecule is COc1ccc2nc(C(C)N3CCCC3C(=O)O)[nH]c2c1. The number of methoxy groups -OCH3 is 1. The molecule has 1 aromatic heterocycles. The third kappa shape index (κ3) is 2.47. The molecule has 2 heterocycles. The van der Waals surface area contributed by atoms with E-state index in [2.05, 4.69) is 9.97 Å². The third-order valence-electron chi connectivity index (χ3n) is 4.18. The van der Waals surface area contributed by atoms with Crippen LogP contribution in [0.25, 0.3) is 11.0 Å². The fraction of sp³-hybridized carbons (Fsp3) is 0.467. The molecule has 0 spiro atoms. The molecule has 1 aromatic carbocycles. The molecule has 0 radical (unpaired) electrons. The number of aromatic nitrogens is 2. The Hall–Kier alpha value is -2.08. The molecule has 1 saturated heterocycles. The monoisotopic (exact) mass is 289 g/mol. The minimum atomic E-state index is -0.753. The first kappa shape index (κ1) is 13.9. The van der Waals surface area contributed by atoms with Crippen molar-refractivity contribution >= 4 is 17.0 Å². The van der Waals surface area contributed by atoms with Crippen molar-refractivity contribution in [3.05, 3.63) is 24.0 Å². The number of carboxylic acids is 1. The fourth-order valence-electron chi connectivity index (χ4n) is 3.01. The molecular weight excluding hydrogens is 270 g/mol. The lowest BCUT2D eigenvalue weighted by atomic mass is 10.2. The van der Waals surface area contributed by atoms with E-state index >= 15 is 0 Å². The van der Waals surface area contributed by atoms with E-state index in [1.54, 1.807) is 7.11 Å². The number of imidazole rings is 1. The molecule has 6 heteroatoms. The number of H-pyrrole nitrogens is 1. The molecular formula is C15H19N3O3. The Morgan fingerprint density at radius 2 is 2.38 bits per heavy atom. The summed E-state index contributed by atoms with van der Waals surface area (Å²) in [5.74, 6) is 0.818. The molecule has 1 fully saturated rings. The van der Waals surface area contributed by atoms with E-state index in [-0.39, 0.29) is 6.04 Å². The van der Waals surface area contributed by atoms with Gasteiger partial charge in [0.25, 0.3) is 0 Å². The van der Waals surface area contributed by atoms with E-state index in [0.29, 0.717) is 6.42 Å². The van der Waals surface area contributed by atoms with Gasteiger partial charge in [0.2, 0.25) is 0 Å². The maximum Gasteiger partial charge on any atom is 0.320 e. The lowest BCUT2D eigenvalue weighted by Crippen LogP contribution is -2.38. The smallest absolute Gasteiger partial charge is 0.320 e. The van der Waals surface area contributed by atoms with Crippen LogP contribution in [0, 0.1) is 0 Å². The first-order chi connectivity index (χ1) is 10.1. The Morgan fingerprint density at radius 1 is 1.57 bits per heavy atom. The topological polar surface area (TPSA) is 78.4 Å². The van der Waals surface area contributed by atoms with Crippen LogP contribution in [-0.2, 0) is 4.79 Å². The normalized spacial score (nSPS) is 20.8. The first-order valence-electron chi connectivity index (χ1n) is 7.12. The van der Waals surface area contributed by atoms with Crippen LogP contribution in [-0.4, -0.2) is 45.6 Å². The van der Waals surface area contributed by atoms with Crippen molar-refractivity contribution < 1.29 is 14.6 Å². The highest BCUT2D eigenvalue weighted by Gasteiger charge is 2.35. The van der Waals surface area contributed by atoms with Gasteiger partial charge in [-0.15, -0.1) is 0 Å². The Labute approximate surface area is 122 Å². The summed E-state index contributed by atoms with van der Waals surface area (Å²) >= 11 is 0. The lowest BCUT2D eigenvalue weighted by Gasteiger charge is -2.26. The number of carbonyl (C=O) groups is 1. The predicted octanol–water partition coefficient (Wildman–Crippen LogP) is 2.18. The molecule has 1 aliphatic rings. The van der Waals surface area contributed by atoms with Gasteiger partial charge in [-0.25, -0.2) is 4.98 Å². The van der Waals surface area contributed by atoms with Crippen LogP contribution < -0.4 is 4.74 Å². The van der Waals surface area contributed by atoms with Crippen molar-refractivity contribution in [2.75, 3.05) is 13.7 Å². The van der Waals surface area contributed by atoms with Gasteiger partial charge in [0.05, 0.1) is 24.2 Å². The van der Waals surface area contributed by atoms with Gasteiger partial charge in [-0.05, 0) is 38.4 Å². The van der Waals surface area contributed by atoms with Gasteiger partial charge in [-0.1, -0.05) is 0 Å². The molecule has 21 heavy (non-hydrogen) atoms. The van der Waals surface area contributed by atoms with Crippen LogP contribution >= 0.6 is 0 Å². The molecule has 0 bridgehead atoms. The van der Waals surface area contributed by atoms with Crippen molar-refractivity contribution in [3.8, 4) is 5.75 Å². The Kier molecular flexibility index (Phi) is 3.55. The van der Waals surface area contributed by atoms with Gasteiger partial charge in [0, 0.05) is 6.07 Å². The van der Waals surface area contributed by atoms with Crippen molar-refractivity contribution in [3.63, 3.8) is 0 Å². The highest BCUT2D eigenvalue weighted by molar-refractivity contribution is 5.77.